The van der Waals surface area contributed by atoms with Crippen molar-refractivity contribution in [1.29, 1.82) is 0 Å². The molecule has 3 aromatic rings. The molecule has 0 radical (unpaired) electrons. The fourth-order valence-electron chi connectivity index (χ4n) is 2.41. The third-order valence-electron chi connectivity index (χ3n) is 3.73. The summed E-state index contributed by atoms with van der Waals surface area (Å²) < 4.78 is 41.7. The summed E-state index contributed by atoms with van der Waals surface area (Å²) in [6.45, 7) is 0. The van der Waals surface area contributed by atoms with Crippen LogP contribution in [-0.4, -0.2) is 30.2 Å². The van der Waals surface area contributed by atoms with Crippen LogP contribution in [0.1, 0.15) is 30.3 Å². The predicted molar refractivity (Wildman–Crippen MR) is 77.2 cm³/mol. The van der Waals surface area contributed by atoms with Gasteiger partial charge in [-0.1, -0.05) is 18.2 Å². The first-order chi connectivity index (χ1) is 11.5. The van der Waals surface area contributed by atoms with Crippen LogP contribution in [0.25, 0.3) is 17.1 Å². The van der Waals surface area contributed by atoms with Crippen molar-refractivity contribution in [2.75, 3.05) is 0 Å². The summed E-state index contributed by atoms with van der Waals surface area (Å²) in [4.78, 5) is 7.84. The number of halogens is 3. The average molecular weight is 332 g/mol. The molecule has 0 bridgehead atoms. The zero-order valence-electron chi connectivity index (χ0n) is 12.3. The molecular formula is C15H11F3N6. The van der Waals surface area contributed by atoms with E-state index in [-0.39, 0.29) is 23.1 Å². The van der Waals surface area contributed by atoms with Crippen LogP contribution in [0.3, 0.4) is 0 Å². The minimum absolute atomic E-state index is 0.0188. The molecule has 0 aliphatic heterocycles. The molecule has 0 unspecified atom stereocenters. The molecule has 24 heavy (non-hydrogen) atoms. The SMILES string of the molecule is FC(F)(F)c1nc(C2CC2)ncc1-c1nnnn1-c1ccccc1. The lowest BCUT2D eigenvalue weighted by Gasteiger charge is -2.12. The van der Waals surface area contributed by atoms with E-state index in [2.05, 4.69) is 25.5 Å². The maximum Gasteiger partial charge on any atom is 0.434 e. The van der Waals surface area contributed by atoms with Crippen LogP contribution in [0.5, 0.6) is 0 Å². The molecule has 0 saturated heterocycles. The fraction of sp³-hybridized carbons (Fsp3) is 0.267. The zero-order chi connectivity index (χ0) is 16.7. The minimum Gasteiger partial charge on any atom is -0.240 e. The van der Waals surface area contributed by atoms with E-state index in [0.717, 1.165) is 19.0 Å². The van der Waals surface area contributed by atoms with Crippen LogP contribution in [0, 0.1) is 0 Å². The van der Waals surface area contributed by atoms with Gasteiger partial charge in [-0.3, -0.25) is 0 Å². The molecule has 2 heterocycles. The van der Waals surface area contributed by atoms with E-state index in [1.807, 2.05) is 0 Å². The van der Waals surface area contributed by atoms with Gasteiger partial charge in [0.15, 0.2) is 11.5 Å². The molecule has 9 heteroatoms. The molecule has 1 fully saturated rings. The average Bonchev–Trinajstić information content (AvgIpc) is 3.31. The Balaban J connectivity index is 1.87. The Morgan fingerprint density at radius 3 is 2.50 bits per heavy atom. The van der Waals surface area contributed by atoms with E-state index < -0.39 is 11.9 Å². The zero-order valence-corrected chi connectivity index (χ0v) is 12.3. The first kappa shape index (κ1) is 14.7. The number of nitrogens with zero attached hydrogens (tertiary/aromatic N) is 6. The van der Waals surface area contributed by atoms with Gasteiger partial charge >= 0.3 is 6.18 Å². The maximum absolute atomic E-state index is 13.5. The lowest BCUT2D eigenvalue weighted by Crippen LogP contribution is -2.14. The molecule has 0 N–H and O–H groups in total. The van der Waals surface area contributed by atoms with E-state index in [0.29, 0.717) is 5.69 Å². The molecule has 1 aromatic carbocycles. The largest absolute Gasteiger partial charge is 0.434 e. The van der Waals surface area contributed by atoms with Gasteiger partial charge in [0.25, 0.3) is 0 Å². The van der Waals surface area contributed by atoms with Crippen molar-refractivity contribution >= 4 is 0 Å². The Labute approximate surface area is 134 Å². The van der Waals surface area contributed by atoms with Crippen LogP contribution in [0.15, 0.2) is 36.5 Å². The fourth-order valence-corrected chi connectivity index (χ4v) is 2.41. The summed E-state index contributed by atoms with van der Waals surface area (Å²) in [5.74, 6) is 0.200. The van der Waals surface area contributed by atoms with Crippen molar-refractivity contribution in [2.45, 2.75) is 24.9 Å². The van der Waals surface area contributed by atoms with Crippen molar-refractivity contribution in [3.63, 3.8) is 0 Å². The highest BCUT2D eigenvalue weighted by molar-refractivity contribution is 5.60. The van der Waals surface area contributed by atoms with Crippen LogP contribution >= 0.6 is 0 Å². The van der Waals surface area contributed by atoms with E-state index in [9.17, 15) is 13.2 Å². The molecule has 122 valence electrons. The van der Waals surface area contributed by atoms with Gasteiger partial charge in [0.1, 0.15) is 5.82 Å². The molecule has 0 spiro atoms. The van der Waals surface area contributed by atoms with Crippen LogP contribution in [0.4, 0.5) is 13.2 Å². The van der Waals surface area contributed by atoms with Crippen molar-refractivity contribution in [1.82, 2.24) is 30.2 Å². The van der Waals surface area contributed by atoms with Gasteiger partial charge in [-0.05, 0) is 35.4 Å². The van der Waals surface area contributed by atoms with Crippen molar-refractivity contribution in [3.8, 4) is 17.1 Å². The summed E-state index contributed by atoms with van der Waals surface area (Å²) in [6.07, 6.45) is -1.82. The van der Waals surface area contributed by atoms with Crippen molar-refractivity contribution in [3.05, 3.63) is 48.0 Å². The highest BCUT2D eigenvalue weighted by Gasteiger charge is 2.39. The van der Waals surface area contributed by atoms with Gasteiger partial charge in [0, 0.05) is 12.1 Å². The number of tetrazole rings is 1. The lowest BCUT2D eigenvalue weighted by atomic mass is 10.2. The summed E-state index contributed by atoms with van der Waals surface area (Å²) in [6, 6.07) is 8.69. The second-order valence-electron chi connectivity index (χ2n) is 5.51. The lowest BCUT2D eigenvalue weighted by molar-refractivity contribution is -0.140. The summed E-state index contributed by atoms with van der Waals surface area (Å²) in [5, 5.41) is 11.0. The number of hydrogen-bond acceptors (Lipinski definition) is 5. The smallest absolute Gasteiger partial charge is 0.240 e. The quantitative estimate of drug-likeness (QED) is 0.737. The summed E-state index contributed by atoms with van der Waals surface area (Å²) >= 11 is 0. The minimum atomic E-state index is -4.62. The van der Waals surface area contributed by atoms with Crippen molar-refractivity contribution < 1.29 is 13.2 Å². The molecule has 1 aliphatic rings. The Hall–Kier alpha value is -2.84. The summed E-state index contributed by atoms with van der Waals surface area (Å²) in [5.41, 5.74) is -0.691. The highest BCUT2D eigenvalue weighted by Crippen LogP contribution is 2.41. The van der Waals surface area contributed by atoms with Crippen LogP contribution in [-0.2, 0) is 6.18 Å². The van der Waals surface area contributed by atoms with Gasteiger partial charge in [-0.15, -0.1) is 5.10 Å². The van der Waals surface area contributed by atoms with Crippen molar-refractivity contribution in [2.24, 2.45) is 0 Å². The van der Waals surface area contributed by atoms with Gasteiger partial charge in [0.05, 0.1) is 11.3 Å². The molecule has 4 rings (SSSR count). The Bertz CT molecular complexity index is 870. The first-order valence-corrected chi connectivity index (χ1v) is 7.32. The third kappa shape index (κ3) is 2.61. The number of alkyl halides is 3. The van der Waals surface area contributed by atoms with Gasteiger partial charge in [0.2, 0.25) is 0 Å². The van der Waals surface area contributed by atoms with E-state index in [1.165, 1.54) is 4.68 Å². The van der Waals surface area contributed by atoms with Gasteiger partial charge in [-0.25, -0.2) is 9.97 Å². The van der Waals surface area contributed by atoms with Gasteiger partial charge < -0.3 is 0 Å². The topological polar surface area (TPSA) is 69.4 Å². The van der Waals surface area contributed by atoms with Crippen LogP contribution < -0.4 is 0 Å². The monoisotopic (exact) mass is 332 g/mol. The van der Waals surface area contributed by atoms with E-state index in [1.54, 1.807) is 30.3 Å². The molecule has 1 saturated carbocycles. The Morgan fingerprint density at radius 2 is 1.83 bits per heavy atom. The highest BCUT2D eigenvalue weighted by atomic mass is 19.4. The second kappa shape index (κ2) is 5.36. The van der Waals surface area contributed by atoms with Gasteiger partial charge in [-0.2, -0.15) is 17.9 Å². The summed E-state index contributed by atoms with van der Waals surface area (Å²) in [7, 11) is 0. The molecular weight excluding hydrogens is 321 g/mol. The molecule has 6 nitrogen and oxygen atoms in total. The number of para-hydroxylation sites is 1. The Morgan fingerprint density at radius 1 is 1.08 bits per heavy atom. The maximum atomic E-state index is 13.5. The third-order valence-corrected chi connectivity index (χ3v) is 3.73. The standard InChI is InChI=1S/C15H11F3N6/c16-15(17,18)12-11(8-19-13(20-12)9-6-7-9)14-21-22-23-24(14)10-4-2-1-3-5-10/h1-5,8-9H,6-7H2. The van der Waals surface area contributed by atoms with E-state index >= 15 is 0 Å². The van der Waals surface area contributed by atoms with Crippen LogP contribution in [0.2, 0.25) is 0 Å². The number of aromatic nitrogens is 6. The molecule has 1 aliphatic carbocycles. The normalized spacial score (nSPS) is 14.8. The second-order valence-corrected chi connectivity index (χ2v) is 5.51. The number of hydrogen-bond donors (Lipinski definition) is 0. The van der Waals surface area contributed by atoms with E-state index in [4.69, 9.17) is 0 Å². The number of rotatable bonds is 3. The molecule has 0 atom stereocenters. The first-order valence-electron chi connectivity index (χ1n) is 7.32. The number of benzene rings is 1. The Kier molecular flexibility index (Phi) is 3.29. The molecule has 2 aromatic heterocycles. The molecule has 0 amide bonds. The predicted octanol–water partition coefficient (Wildman–Crippen LogP) is 3.02.